The molecule has 1 aliphatic rings. The molecule has 0 atom stereocenters. The van der Waals surface area contributed by atoms with E-state index in [0.717, 1.165) is 25.8 Å². The second-order valence-corrected chi connectivity index (χ2v) is 9.39. The third-order valence-electron chi connectivity index (χ3n) is 4.01. The van der Waals surface area contributed by atoms with Crippen LogP contribution in [0.5, 0.6) is 11.5 Å². The molecule has 0 saturated carbocycles. The molecule has 10 heteroatoms. The van der Waals surface area contributed by atoms with Gasteiger partial charge in [-0.15, -0.1) is 0 Å². The Morgan fingerprint density at radius 3 is 2.67 bits per heavy atom. The van der Waals surface area contributed by atoms with Gasteiger partial charge in [-0.05, 0) is 64.1 Å². The van der Waals surface area contributed by atoms with Crippen LogP contribution in [-0.2, 0) is 16.2 Å². The van der Waals surface area contributed by atoms with Gasteiger partial charge < -0.3 is 14.6 Å². The van der Waals surface area contributed by atoms with E-state index in [1.165, 1.54) is 7.11 Å². The number of amides is 1. The van der Waals surface area contributed by atoms with Gasteiger partial charge in [0.2, 0.25) is 0 Å². The Morgan fingerprint density at radius 1 is 1.33 bits per heavy atom. The second kappa shape index (κ2) is 9.99. The quantitative estimate of drug-likeness (QED) is 0.288. The highest BCUT2D eigenvalue weighted by atomic mass is 127. The summed E-state index contributed by atoms with van der Waals surface area (Å²) in [5.41, 5.74) is 1.68. The SMILES string of the molecule is COc1cc(/C=C2\SC(=S)N(CC(=O)O)C2=O)cc(I)c1OCc1ccc(Cl)cc1. The first-order chi connectivity index (χ1) is 14.3. The van der Waals surface area contributed by atoms with Crippen LogP contribution >= 0.6 is 58.2 Å². The molecule has 0 radical (unpaired) electrons. The van der Waals surface area contributed by atoms with Crippen molar-refractivity contribution in [2.45, 2.75) is 6.61 Å². The molecule has 2 aromatic carbocycles. The maximum Gasteiger partial charge on any atom is 0.323 e. The zero-order valence-corrected chi connectivity index (χ0v) is 20.1. The molecule has 1 saturated heterocycles. The average molecular weight is 576 g/mol. The minimum Gasteiger partial charge on any atom is -0.493 e. The zero-order chi connectivity index (χ0) is 21.8. The van der Waals surface area contributed by atoms with Gasteiger partial charge in [0.05, 0.1) is 15.6 Å². The Kier molecular flexibility index (Phi) is 7.61. The summed E-state index contributed by atoms with van der Waals surface area (Å²) >= 11 is 14.2. The normalized spacial score (nSPS) is 15.0. The van der Waals surface area contributed by atoms with Crippen molar-refractivity contribution in [2.24, 2.45) is 0 Å². The van der Waals surface area contributed by atoms with Crippen LogP contribution in [0.2, 0.25) is 5.02 Å². The fourth-order valence-corrected chi connectivity index (χ4v) is 4.78. The number of aliphatic carboxylic acids is 1. The van der Waals surface area contributed by atoms with Crippen molar-refractivity contribution in [3.8, 4) is 11.5 Å². The molecule has 0 aromatic heterocycles. The molecule has 6 nitrogen and oxygen atoms in total. The molecule has 0 unspecified atom stereocenters. The molecular formula is C20H15ClINO5S2. The molecule has 0 aliphatic carbocycles. The van der Waals surface area contributed by atoms with E-state index in [1.54, 1.807) is 24.3 Å². The third kappa shape index (κ3) is 5.45. The number of thiocarbonyl (C=S) groups is 1. The number of nitrogens with zero attached hydrogens (tertiary/aromatic N) is 1. The lowest BCUT2D eigenvalue weighted by Gasteiger charge is -2.14. The van der Waals surface area contributed by atoms with Gasteiger partial charge in [-0.3, -0.25) is 14.5 Å². The van der Waals surface area contributed by atoms with E-state index in [-0.39, 0.29) is 4.32 Å². The smallest absolute Gasteiger partial charge is 0.323 e. The number of hydrogen-bond acceptors (Lipinski definition) is 6. The highest BCUT2D eigenvalue weighted by Crippen LogP contribution is 2.37. The molecule has 30 heavy (non-hydrogen) atoms. The fraction of sp³-hybridized carbons (Fsp3) is 0.150. The Balaban J connectivity index is 1.82. The van der Waals surface area contributed by atoms with Crippen molar-refractivity contribution in [2.75, 3.05) is 13.7 Å². The molecule has 1 aliphatic heterocycles. The number of carbonyl (C=O) groups is 2. The predicted molar refractivity (Wildman–Crippen MR) is 129 cm³/mol. The van der Waals surface area contributed by atoms with Crippen LogP contribution in [0.15, 0.2) is 41.3 Å². The lowest BCUT2D eigenvalue weighted by Crippen LogP contribution is -2.33. The molecular weight excluding hydrogens is 561 g/mol. The molecule has 1 N–H and O–H groups in total. The van der Waals surface area contributed by atoms with E-state index >= 15 is 0 Å². The van der Waals surface area contributed by atoms with Gasteiger partial charge in [0, 0.05) is 5.02 Å². The number of carboxylic acids is 1. The largest absolute Gasteiger partial charge is 0.493 e. The number of methoxy groups -OCH3 is 1. The maximum atomic E-state index is 12.5. The Bertz CT molecular complexity index is 1040. The van der Waals surface area contributed by atoms with Gasteiger partial charge in [0.15, 0.2) is 11.5 Å². The molecule has 0 bridgehead atoms. The van der Waals surface area contributed by atoms with E-state index in [1.807, 2.05) is 18.2 Å². The number of ether oxygens (including phenoxy) is 2. The van der Waals surface area contributed by atoms with Crippen LogP contribution in [0, 0.1) is 3.57 Å². The third-order valence-corrected chi connectivity index (χ3v) is 6.44. The number of carbonyl (C=O) groups excluding carboxylic acids is 1. The Morgan fingerprint density at radius 2 is 2.03 bits per heavy atom. The molecule has 2 aromatic rings. The maximum absolute atomic E-state index is 12.5. The minimum atomic E-state index is -1.12. The summed E-state index contributed by atoms with van der Waals surface area (Å²) in [4.78, 5) is 24.8. The van der Waals surface area contributed by atoms with Crippen molar-refractivity contribution in [3.05, 3.63) is 61.0 Å². The Labute approximate surface area is 201 Å². The summed E-state index contributed by atoms with van der Waals surface area (Å²) in [6, 6.07) is 11.0. The van der Waals surface area contributed by atoms with Crippen LogP contribution in [0.3, 0.4) is 0 Å². The van der Waals surface area contributed by atoms with Crippen LogP contribution in [-0.4, -0.2) is 39.9 Å². The van der Waals surface area contributed by atoms with Crippen LogP contribution in [0.1, 0.15) is 11.1 Å². The van der Waals surface area contributed by atoms with Crippen molar-refractivity contribution in [1.29, 1.82) is 0 Å². The van der Waals surface area contributed by atoms with E-state index in [2.05, 4.69) is 22.6 Å². The van der Waals surface area contributed by atoms with Gasteiger partial charge in [-0.2, -0.15) is 0 Å². The van der Waals surface area contributed by atoms with Crippen LogP contribution in [0.25, 0.3) is 6.08 Å². The first-order valence-electron chi connectivity index (χ1n) is 8.50. The zero-order valence-electron chi connectivity index (χ0n) is 15.6. The topological polar surface area (TPSA) is 76.1 Å². The predicted octanol–water partition coefficient (Wildman–Crippen LogP) is 4.82. The van der Waals surface area contributed by atoms with E-state index in [0.29, 0.717) is 33.6 Å². The molecule has 1 fully saturated rings. The number of benzene rings is 2. The summed E-state index contributed by atoms with van der Waals surface area (Å²) in [5.74, 6) is -0.442. The number of thioether (sulfide) groups is 1. The Hall–Kier alpha value is -1.82. The number of rotatable bonds is 7. The summed E-state index contributed by atoms with van der Waals surface area (Å²) < 4.78 is 12.4. The summed E-state index contributed by atoms with van der Waals surface area (Å²) in [6.45, 7) is -0.114. The van der Waals surface area contributed by atoms with Crippen molar-refractivity contribution < 1.29 is 24.2 Å². The highest BCUT2D eigenvalue weighted by molar-refractivity contribution is 14.1. The van der Waals surface area contributed by atoms with Gasteiger partial charge in [0.1, 0.15) is 17.5 Å². The minimum absolute atomic E-state index is 0.221. The van der Waals surface area contributed by atoms with Gasteiger partial charge in [-0.1, -0.05) is 47.7 Å². The summed E-state index contributed by atoms with van der Waals surface area (Å²) in [5, 5.41) is 9.60. The first-order valence-corrected chi connectivity index (χ1v) is 11.2. The first kappa shape index (κ1) is 22.9. The molecule has 0 spiro atoms. The van der Waals surface area contributed by atoms with Crippen molar-refractivity contribution >= 4 is 80.4 Å². The average Bonchev–Trinajstić information content (AvgIpc) is 2.95. The highest BCUT2D eigenvalue weighted by Gasteiger charge is 2.33. The number of carboxylic acid groups (broad SMARTS) is 1. The van der Waals surface area contributed by atoms with Crippen LogP contribution < -0.4 is 9.47 Å². The molecule has 156 valence electrons. The van der Waals surface area contributed by atoms with Gasteiger partial charge in [-0.25, -0.2) is 0 Å². The van der Waals surface area contributed by atoms with Crippen molar-refractivity contribution in [3.63, 3.8) is 0 Å². The monoisotopic (exact) mass is 575 g/mol. The van der Waals surface area contributed by atoms with E-state index in [4.69, 9.17) is 38.4 Å². The van der Waals surface area contributed by atoms with Crippen LogP contribution in [0.4, 0.5) is 0 Å². The van der Waals surface area contributed by atoms with E-state index < -0.39 is 18.4 Å². The molecule has 3 rings (SSSR count). The fourth-order valence-electron chi connectivity index (χ4n) is 2.62. The summed E-state index contributed by atoms with van der Waals surface area (Å²) in [6.07, 6.45) is 1.66. The lowest BCUT2D eigenvalue weighted by molar-refractivity contribution is -0.140. The summed E-state index contributed by atoms with van der Waals surface area (Å²) in [7, 11) is 1.54. The van der Waals surface area contributed by atoms with Gasteiger partial charge >= 0.3 is 5.97 Å². The second-order valence-electron chi connectivity index (χ2n) is 6.11. The lowest BCUT2D eigenvalue weighted by atomic mass is 10.1. The van der Waals surface area contributed by atoms with Gasteiger partial charge in [0.25, 0.3) is 5.91 Å². The van der Waals surface area contributed by atoms with E-state index in [9.17, 15) is 9.59 Å². The van der Waals surface area contributed by atoms with Crippen molar-refractivity contribution in [1.82, 2.24) is 4.90 Å². The standard InChI is InChI=1S/C20H15ClINO5S2/c1-27-15-7-12(8-16-19(26)23(9-17(24)25)20(29)30-16)6-14(22)18(15)28-10-11-2-4-13(21)5-3-11/h2-8H,9-10H2,1H3,(H,24,25)/b16-8-. The molecule has 1 amide bonds. The molecule has 1 heterocycles. The number of hydrogen-bond donors (Lipinski definition) is 1. The number of halogens is 2.